The van der Waals surface area contributed by atoms with Gasteiger partial charge in [0.1, 0.15) is 5.69 Å². The number of carbonyl (C=O) groups excluding carboxylic acids is 1. The van der Waals surface area contributed by atoms with Crippen molar-refractivity contribution in [1.29, 1.82) is 0 Å². The van der Waals surface area contributed by atoms with Gasteiger partial charge >= 0.3 is 0 Å². The number of aromatic nitrogens is 4. The molecule has 3 heterocycles. The molecule has 1 aromatic carbocycles. The van der Waals surface area contributed by atoms with Gasteiger partial charge in [-0.15, -0.1) is 11.3 Å². The van der Waals surface area contributed by atoms with Crippen LogP contribution in [0, 0.1) is 13.8 Å². The Morgan fingerprint density at radius 1 is 1.21 bits per heavy atom. The maximum Gasteiger partial charge on any atom is 0.268 e. The fourth-order valence-electron chi connectivity index (χ4n) is 3.82. The van der Waals surface area contributed by atoms with E-state index in [1.165, 1.54) is 15.7 Å². The highest BCUT2D eigenvalue weighted by Crippen LogP contribution is 2.24. The number of fused-ring (bicyclic) bond motifs is 1. The second kappa shape index (κ2) is 9.89. The summed E-state index contributed by atoms with van der Waals surface area (Å²) in [5.74, 6) is -0.0964. The van der Waals surface area contributed by atoms with Gasteiger partial charge in [0.15, 0.2) is 4.96 Å². The zero-order chi connectivity index (χ0) is 23.5. The zero-order valence-electron chi connectivity index (χ0n) is 18.9. The highest BCUT2D eigenvalue weighted by Gasteiger charge is 2.20. The van der Waals surface area contributed by atoms with Crippen LogP contribution in [0.2, 0.25) is 5.02 Å². The van der Waals surface area contributed by atoms with Crippen molar-refractivity contribution in [1.82, 2.24) is 24.5 Å². The molecule has 0 spiro atoms. The first-order valence-corrected chi connectivity index (χ1v) is 12.2. The molecule has 9 heteroatoms. The summed E-state index contributed by atoms with van der Waals surface area (Å²) in [6.45, 7) is 6.50. The van der Waals surface area contributed by atoms with Crippen LogP contribution >= 0.6 is 22.9 Å². The van der Waals surface area contributed by atoms with Crippen LogP contribution in [-0.4, -0.2) is 31.6 Å². The van der Waals surface area contributed by atoms with Gasteiger partial charge < -0.3 is 5.32 Å². The van der Waals surface area contributed by atoms with Crippen molar-refractivity contribution >= 4 is 33.8 Å². The Morgan fingerprint density at radius 2 is 2.03 bits per heavy atom. The highest BCUT2D eigenvalue weighted by atomic mass is 35.5. The van der Waals surface area contributed by atoms with Crippen LogP contribution in [0.5, 0.6) is 0 Å². The molecule has 0 bridgehead atoms. The van der Waals surface area contributed by atoms with Crippen LogP contribution in [0.15, 0.2) is 40.5 Å². The summed E-state index contributed by atoms with van der Waals surface area (Å²) < 4.78 is 3.29. The molecule has 0 radical (unpaired) electrons. The predicted octanol–water partition coefficient (Wildman–Crippen LogP) is 4.73. The lowest BCUT2D eigenvalue weighted by molar-refractivity contribution is -0.120. The third kappa shape index (κ3) is 4.86. The summed E-state index contributed by atoms with van der Waals surface area (Å²) >= 11 is 7.50. The van der Waals surface area contributed by atoms with Crippen molar-refractivity contribution in [3.8, 4) is 16.9 Å². The van der Waals surface area contributed by atoms with Crippen LogP contribution in [-0.2, 0) is 11.2 Å². The summed E-state index contributed by atoms with van der Waals surface area (Å²) in [5, 5.41) is 10.1. The number of hydrogen-bond donors (Lipinski definition) is 1. The molecule has 4 aromatic rings. The first kappa shape index (κ1) is 23.2. The monoisotopic (exact) mass is 483 g/mol. The number of nitrogens with one attached hydrogen (secondary N) is 1. The average molecular weight is 484 g/mol. The van der Waals surface area contributed by atoms with Crippen molar-refractivity contribution in [3.63, 3.8) is 0 Å². The van der Waals surface area contributed by atoms with Gasteiger partial charge in [-0.05, 0) is 44.5 Å². The molecule has 0 fully saturated rings. The SMILES string of the molecule is CCCCCNC(=O)Cc1csc2nc(C)c(-c3cc(C)n(-c4cccc(Cl)c4)n3)c(=O)n12. The van der Waals surface area contributed by atoms with E-state index in [1.54, 1.807) is 10.7 Å². The van der Waals surface area contributed by atoms with Gasteiger partial charge in [-0.2, -0.15) is 5.10 Å². The third-order valence-electron chi connectivity index (χ3n) is 5.46. The minimum atomic E-state index is -0.219. The first-order valence-electron chi connectivity index (χ1n) is 11.0. The van der Waals surface area contributed by atoms with Gasteiger partial charge in [0.05, 0.1) is 23.4 Å². The Hall–Kier alpha value is -2.97. The van der Waals surface area contributed by atoms with Crippen molar-refractivity contribution in [2.24, 2.45) is 0 Å². The van der Waals surface area contributed by atoms with E-state index < -0.39 is 0 Å². The van der Waals surface area contributed by atoms with E-state index in [2.05, 4.69) is 22.3 Å². The minimum Gasteiger partial charge on any atom is -0.356 e. The Kier molecular flexibility index (Phi) is 6.95. The van der Waals surface area contributed by atoms with Gasteiger partial charge in [-0.1, -0.05) is 37.4 Å². The van der Waals surface area contributed by atoms with Crippen LogP contribution in [0.1, 0.15) is 43.3 Å². The molecule has 7 nitrogen and oxygen atoms in total. The van der Waals surface area contributed by atoms with E-state index in [0.717, 1.165) is 30.6 Å². The molecule has 0 unspecified atom stereocenters. The summed E-state index contributed by atoms with van der Waals surface area (Å²) in [7, 11) is 0. The van der Waals surface area contributed by atoms with Gasteiger partial charge in [-0.3, -0.25) is 14.0 Å². The Morgan fingerprint density at radius 3 is 2.79 bits per heavy atom. The lowest BCUT2D eigenvalue weighted by atomic mass is 10.1. The van der Waals surface area contributed by atoms with Gasteiger partial charge in [0, 0.05) is 28.3 Å². The number of thiazole rings is 1. The van der Waals surface area contributed by atoms with Gasteiger partial charge in [0.2, 0.25) is 5.91 Å². The number of rotatable bonds is 8. The van der Waals surface area contributed by atoms with E-state index in [4.69, 9.17) is 11.6 Å². The summed E-state index contributed by atoms with van der Waals surface area (Å²) in [4.78, 5) is 31.2. The van der Waals surface area contributed by atoms with Crippen molar-refractivity contribution in [3.05, 3.63) is 68.2 Å². The fourth-order valence-corrected chi connectivity index (χ4v) is 4.93. The molecule has 0 aliphatic carbocycles. The fraction of sp³-hybridized carbons (Fsp3) is 0.333. The standard InChI is InChI=1S/C24H26ClN5O2S/c1-4-5-6-10-26-21(31)13-19-14-33-24-27-16(3)22(23(32)29(19)24)20-11-15(2)30(28-20)18-9-7-8-17(25)12-18/h7-9,11-12,14H,4-6,10,13H2,1-3H3,(H,26,31). The molecule has 1 amide bonds. The topological polar surface area (TPSA) is 81.3 Å². The highest BCUT2D eigenvalue weighted by molar-refractivity contribution is 7.15. The van der Waals surface area contributed by atoms with E-state index in [9.17, 15) is 9.59 Å². The second-order valence-electron chi connectivity index (χ2n) is 8.02. The Labute approximate surface area is 201 Å². The quantitative estimate of drug-likeness (QED) is 0.367. The molecule has 33 heavy (non-hydrogen) atoms. The Balaban J connectivity index is 1.70. The van der Waals surface area contributed by atoms with Gasteiger partial charge in [-0.25, -0.2) is 9.67 Å². The van der Waals surface area contributed by atoms with E-state index in [0.29, 0.717) is 39.2 Å². The molecule has 0 atom stereocenters. The number of unbranched alkanes of at least 4 members (excludes halogenated alkanes) is 2. The zero-order valence-corrected chi connectivity index (χ0v) is 20.5. The largest absolute Gasteiger partial charge is 0.356 e. The van der Waals surface area contributed by atoms with Crippen molar-refractivity contribution in [2.75, 3.05) is 6.54 Å². The molecule has 4 rings (SSSR count). The smallest absolute Gasteiger partial charge is 0.268 e. The van der Waals surface area contributed by atoms with E-state index in [-0.39, 0.29) is 17.9 Å². The van der Waals surface area contributed by atoms with Crippen LogP contribution in [0.3, 0.4) is 0 Å². The molecule has 1 N–H and O–H groups in total. The number of nitrogens with zero attached hydrogens (tertiary/aromatic N) is 4. The summed E-state index contributed by atoms with van der Waals surface area (Å²) in [5.41, 5.74) is 3.67. The maximum absolute atomic E-state index is 13.6. The number of hydrogen-bond acceptors (Lipinski definition) is 5. The molecule has 3 aromatic heterocycles. The minimum absolute atomic E-state index is 0.0964. The number of benzene rings is 1. The molecule has 0 saturated carbocycles. The Bertz CT molecular complexity index is 1370. The molecular weight excluding hydrogens is 458 g/mol. The average Bonchev–Trinajstić information content (AvgIpc) is 3.34. The number of amides is 1. The number of aryl methyl sites for hydroxylation is 2. The van der Waals surface area contributed by atoms with Crippen LogP contribution in [0.25, 0.3) is 21.9 Å². The summed E-state index contributed by atoms with van der Waals surface area (Å²) in [6, 6.07) is 9.26. The second-order valence-corrected chi connectivity index (χ2v) is 9.29. The molecule has 0 saturated heterocycles. The molecule has 0 aliphatic heterocycles. The van der Waals surface area contributed by atoms with Crippen molar-refractivity contribution in [2.45, 2.75) is 46.5 Å². The van der Waals surface area contributed by atoms with Crippen LogP contribution < -0.4 is 10.9 Å². The van der Waals surface area contributed by atoms with E-state index >= 15 is 0 Å². The first-order chi connectivity index (χ1) is 15.9. The number of carbonyl (C=O) groups is 1. The summed E-state index contributed by atoms with van der Waals surface area (Å²) in [6.07, 6.45) is 3.26. The van der Waals surface area contributed by atoms with E-state index in [1.807, 2.05) is 43.5 Å². The number of halogens is 1. The molecule has 0 aliphatic rings. The van der Waals surface area contributed by atoms with Gasteiger partial charge in [0.25, 0.3) is 5.56 Å². The maximum atomic E-state index is 13.6. The third-order valence-corrected chi connectivity index (χ3v) is 6.57. The normalized spacial score (nSPS) is 11.3. The van der Waals surface area contributed by atoms with Crippen molar-refractivity contribution < 1.29 is 4.79 Å². The molecule has 172 valence electrons. The predicted molar refractivity (Wildman–Crippen MR) is 133 cm³/mol. The lowest BCUT2D eigenvalue weighted by Gasteiger charge is -2.07. The lowest BCUT2D eigenvalue weighted by Crippen LogP contribution is -2.28. The molecular formula is C24H26ClN5O2S. The van der Waals surface area contributed by atoms with Crippen LogP contribution in [0.4, 0.5) is 0 Å².